The summed E-state index contributed by atoms with van der Waals surface area (Å²) >= 11 is 0. The van der Waals surface area contributed by atoms with Gasteiger partial charge in [-0.25, -0.2) is 17.4 Å². The van der Waals surface area contributed by atoms with Crippen molar-refractivity contribution in [3.05, 3.63) is 59.9 Å². The second kappa shape index (κ2) is 7.52. The van der Waals surface area contributed by atoms with Gasteiger partial charge in [0.2, 0.25) is 0 Å². The Morgan fingerprint density at radius 2 is 1.85 bits per heavy atom. The van der Waals surface area contributed by atoms with E-state index in [-0.39, 0.29) is 16.8 Å². The molecule has 1 aliphatic carbocycles. The summed E-state index contributed by atoms with van der Waals surface area (Å²) in [4.78, 5) is 16.7. The number of aromatic nitrogens is 2. The lowest BCUT2D eigenvalue weighted by Gasteiger charge is -2.07. The summed E-state index contributed by atoms with van der Waals surface area (Å²) in [7, 11) is -3.73. The first kappa shape index (κ1) is 19.1. The first-order chi connectivity index (χ1) is 13.0. The van der Waals surface area contributed by atoms with Gasteiger partial charge >= 0.3 is 0 Å². The van der Waals surface area contributed by atoms with Gasteiger partial charge in [-0.3, -0.25) is 4.79 Å². The first-order valence-corrected chi connectivity index (χ1v) is 10.5. The monoisotopic (exact) mass is 385 g/mol. The predicted octanol–water partition coefficient (Wildman–Crippen LogP) is 3.50. The smallest absolute Gasteiger partial charge is 0.269 e. The van der Waals surface area contributed by atoms with Crippen LogP contribution in [0.3, 0.4) is 0 Å². The largest absolute Gasteiger partial charge is 0.349 e. The van der Waals surface area contributed by atoms with Crippen LogP contribution in [0.2, 0.25) is 0 Å². The fraction of sp³-hybridized carbons (Fsp3) is 0.300. The zero-order valence-corrected chi connectivity index (χ0v) is 16.5. The topological polar surface area (TPSA) is 81.1 Å². The Hall–Kier alpha value is -2.67. The molecule has 6 nitrogen and oxygen atoms in total. The Bertz CT molecular complexity index is 1070. The van der Waals surface area contributed by atoms with Crippen molar-refractivity contribution in [3.8, 4) is 0 Å². The maximum absolute atomic E-state index is 12.9. The van der Waals surface area contributed by atoms with Gasteiger partial charge in [0.05, 0.1) is 10.5 Å². The van der Waals surface area contributed by atoms with Crippen LogP contribution in [-0.4, -0.2) is 29.3 Å². The fourth-order valence-corrected chi connectivity index (χ4v) is 4.14. The molecule has 1 amide bonds. The predicted molar refractivity (Wildman–Crippen MR) is 105 cm³/mol. The van der Waals surface area contributed by atoms with Crippen LogP contribution in [0.25, 0.3) is 11.0 Å². The van der Waals surface area contributed by atoms with Crippen LogP contribution >= 0.6 is 0 Å². The molecule has 2 aromatic heterocycles. The highest BCUT2D eigenvalue weighted by molar-refractivity contribution is 7.90. The van der Waals surface area contributed by atoms with E-state index in [9.17, 15) is 13.2 Å². The van der Waals surface area contributed by atoms with Crippen LogP contribution in [-0.2, 0) is 10.0 Å². The highest BCUT2D eigenvalue weighted by Crippen LogP contribution is 2.25. The summed E-state index contributed by atoms with van der Waals surface area (Å²) in [5.74, 6) is -0.171. The molecule has 1 aliphatic rings. The van der Waals surface area contributed by atoms with E-state index in [1.807, 2.05) is 20.8 Å². The number of nitrogens with one attached hydrogen (secondary N) is 1. The number of carbonyl (C=O) groups is 1. The lowest BCUT2D eigenvalue weighted by molar-refractivity contribution is 0.0951. The van der Waals surface area contributed by atoms with Gasteiger partial charge in [-0.05, 0) is 43.5 Å². The number of rotatable bonds is 4. The van der Waals surface area contributed by atoms with Crippen molar-refractivity contribution >= 4 is 27.0 Å². The summed E-state index contributed by atoms with van der Waals surface area (Å²) in [6, 6.07) is 10.2. The van der Waals surface area contributed by atoms with Gasteiger partial charge in [0.15, 0.2) is 5.65 Å². The van der Waals surface area contributed by atoms with E-state index < -0.39 is 10.0 Å². The molecule has 1 fully saturated rings. The van der Waals surface area contributed by atoms with E-state index in [1.165, 1.54) is 10.2 Å². The Kier molecular flexibility index (Phi) is 5.32. The summed E-state index contributed by atoms with van der Waals surface area (Å²) < 4.78 is 26.9. The number of aryl methyl sites for hydroxylation is 1. The van der Waals surface area contributed by atoms with Gasteiger partial charge in [0, 0.05) is 23.8 Å². The summed E-state index contributed by atoms with van der Waals surface area (Å²) in [5.41, 5.74) is 1.52. The van der Waals surface area contributed by atoms with Crippen LogP contribution in [0.5, 0.6) is 0 Å². The normalized spacial score (nSPS) is 13.7. The minimum Gasteiger partial charge on any atom is -0.349 e. The number of hydrogen-bond donors (Lipinski definition) is 1. The Balaban J connectivity index is 0.00000102. The molecular weight excluding hydrogens is 362 g/mol. The molecule has 0 spiro atoms. The summed E-state index contributed by atoms with van der Waals surface area (Å²) in [5, 5.41) is 3.57. The van der Waals surface area contributed by atoms with Crippen molar-refractivity contribution in [1.82, 2.24) is 14.3 Å². The Labute approximate surface area is 159 Å². The molecule has 7 heteroatoms. The molecule has 0 radical (unpaired) electrons. The molecule has 0 atom stereocenters. The lowest BCUT2D eigenvalue weighted by atomic mass is 10.2. The number of amides is 1. The van der Waals surface area contributed by atoms with Crippen LogP contribution in [0, 0.1) is 6.92 Å². The van der Waals surface area contributed by atoms with Gasteiger partial charge in [-0.1, -0.05) is 32.0 Å². The number of fused-ring (bicyclic) bond motifs is 1. The van der Waals surface area contributed by atoms with Gasteiger partial charge < -0.3 is 5.32 Å². The molecule has 0 unspecified atom stereocenters. The third-order valence-electron chi connectivity index (χ3n) is 4.29. The third kappa shape index (κ3) is 3.73. The lowest BCUT2D eigenvalue weighted by Crippen LogP contribution is -2.25. The number of hydrogen-bond acceptors (Lipinski definition) is 4. The summed E-state index contributed by atoms with van der Waals surface area (Å²) in [6.07, 6.45) is 4.98. The van der Waals surface area contributed by atoms with Crippen LogP contribution in [0.4, 0.5) is 0 Å². The van der Waals surface area contributed by atoms with Crippen molar-refractivity contribution in [2.45, 2.75) is 44.6 Å². The molecule has 0 saturated heterocycles. The standard InChI is InChI=1S/C18H17N3O3S.C2H6/c1-12-11-21(25(23,24)15-5-3-2-4-6-15)17-16(12)9-13(10-19-17)18(22)20-14-7-8-14;1-2/h2-6,9-11,14H,7-8H2,1H3,(H,20,22);1-2H3. The zero-order valence-electron chi connectivity index (χ0n) is 15.6. The molecular formula is C20H23N3O3S. The van der Waals surface area contributed by atoms with Crippen molar-refractivity contribution < 1.29 is 13.2 Å². The number of benzene rings is 1. The second-order valence-electron chi connectivity index (χ2n) is 6.27. The van der Waals surface area contributed by atoms with E-state index >= 15 is 0 Å². The molecule has 2 heterocycles. The Morgan fingerprint density at radius 3 is 2.48 bits per heavy atom. The third-order valence-corrected chi connectivity index (χ3v) is 5.95. The van der Waals surface area contributed by atoms with Gasteiger partial charge in [-0.2, -0.15) is 0 Å². The van der Waals surface area contributed by atoms with Crippen molar-refractivity contribution in [2.24, 2.45) is 0 Å². The van der Waals surface area contributed by atoms with Gasteiger partial charge in [0.25, 0.3) is 15.9 Å². The van der Waals surface area contributed by atoms with Crippen molar-refractivity contribution in [1.29, 1.82) is 0 Å². The molecule has 1 N–H and O–H groups in total. The average Bonchev–Trinajstić information content (AvgIpc) is 3.45. The molecule has 1 aromatic carbocycles. The molecule has 4 rings (SSSR count). The average molecular weight is 385 g/mol. The fourth-order valence-electron chi connectivity index (χ4n) is 2.74. The van der Waals surface area contributed by atoms with Crippen molar-refractivity contribution in [3.63, 3.8) is 0 Å². The maximum Gasteiger partial charge on any atom is 0.269 e. The second-order valence-corrected chi connectivity index (χ2v) is 8.08. The molecule has 0 aliphatic heterocycles. The van der Waals surface area contributed by atoms with E-state index in [4.69, 9.17) is 0 Å². The highest BCUT2D eigenvalue weighted by Gasteiger charge is 2.25. The number of pyridine rings is 1. The summed E-state index contributed by atoms with van der Waals surface area (Å²) in [6.45, 7) is 5.81. The number of nitrogens with zero attached hydrogens (tertiary/aromatic N) is 2. The van der Waals surface area contributed by atoms with E-state index in [1.54, 1.807) is 42.6 Å². The molecule has 0 bridgehead atoms. The SMILES string of the molecule is CC.Cc1cn(S(=O)(=O)c2ccccc2)c2ncc(C(=O)NC3CC3)cc12. The molecule has 1 saturated carbocycles. The van der Waals surface area contributed by atoms with Gasteiger partial charge in [0.1, 0.15) is 0 Å². The molecule has 27 heavy (non-hydrogen) atoms. The minimum absolute atomic E-state index is 0.171. The van der Waals surface area contributed by atoms with Gasteiger partial charge in [-0.15, -0.1) is 0 Å². The quantitative estimate of drug-likeness (QED) is 0.745. The Morgan fingerprint density at radius 1 is 1.19 bits per heavy atom. The van der Waals surface area contributed by atoms with Crippen LogP contribution in [0.1, 0.15) is 42.6 Å². The van der Waals surface area contributed by atoms with Crippen LogP contribution in [0.15, 0.2) is 53.7 Å². The molecule has 3 aromatic rings. The van der Waals surface area contributed by atoms with E-state index in [0.717, 1.165) is 18.4 Å². The number of carbonyl (C=O) groups excluding carboxylic acids is 1. The van der Waals surface area contributed by atoms with E-state index in [0.29, 0.717) is 16.6 Å². The molecule has 142 valence electrons. The zero-order chi connectivity index (χ0) is 19.6. The van der Waals surface area contributed by atoms with E-state index in [2.05, 4.69) is 10.3 Å². The first-order valence-electron chi connectivity index (χ1n) is 9.06. The highest BCUT2D eigenvalue weighted by atomic mass is 32.2. The minimum atomic E-state index is -3.73. The van der Waals surface area contributed by atoms with Crippen LogP contribution < -0.4 is 5.32 Å². The maximum atomic E-state index is 12.9. The van der Waals surface area contributed by atoms with Crippen molar-refractivity contribution in [2.75, 3.05) is 0 Å².